The highest BCUT2D eigenvalue weighted by atomic mass is 35.5. The van der Waals surface area contributed by atoms with Gasteiger partial charge in [-0.1, -0.05) is 16.8 Å². The van der Waals surface area contributed by atoms with E-state index in [9.17, 15) is 18.0 Å². The number of hydrogen-bond acceptors (Lipinski definition) is 6. The standard InChI is InChI=1S/C16H11ClF3N5O2/c1-8-6-13(25-27-8)24-14(26)12-4-5-21-15(23-12)22-9-2-3-11(17)10(7-9)16(18,19)20/h2-7H,1H3,(H,21,22,23)(H,24,25,26). The molecule has 0 aliphatic rings. The van der Waals surface area contributed by atoms with Crippen molar-refractivity contribution in [3.63, 3.8) is 0 Å². The number of hydrogen-bond donors (Lipinski definition) is 2. The van der Waals surface area contributed by atoms with E-state index in [1.54, 1.807) is 6.92 Å². The summed E-state index contributed by atoms with van der Waals surface area (Å²) < 4.78 is 43.6. The molecule has 27 heavy (non-hydrogen) atoms. The highest BCUT2D eigenvalue weighted by Crippen LogP contribution is 2.36. The lowest BCUT2D eigenvalue weighted by atomic mass is 10.2. The summed E-state index contributed by atoms with van der Waals surface area (Å²) in [6.45, 7) is 1.66. The number of carbonyl (C=O) groups excluding carboxylic acids is 1. The summed E-state index contributed by atoms with van der Waals surface area (Å²) in [5.41, 5.74) is -0.945. The van der Waals surface area contributed by atoms with Crippen molar-refractivity contribution in [1.29, 1.82) is 0 Å². The predicted molar refractivity (Wildman–Crippen MR) is 91.0 cm³/mol. The Morgan fingerprint density at radius 1 is 1.22 bits per heavy atom. The first kappa shape index (κ1) is 18.6. The second kappa shape index (κ2) is 7.23. The Morgan fingerprint density at radius 3 is 2.67 bits per heavy atom. The van der Waals surface area contributed by atoms with E-state index >= 15 is 0 Å². The average molecular weight is 398 g/mol. The lowest BCUT2D eigenvalue weighted by Gasteiger charge is -2.12. The van der Waals surface area contributed by atoms with Gasteiger partial charge >= 0.3 is 6.18 Å². The van der Waals surface area contributed by atoms with Crippen LogP contribution in [-0.2, 0) is 6.18 Å². The first-order chi connectivity index (χ1) is 12.7. The van der Waals surface area contributed by atoms with Gasteiger partial charge in [0.15, 0.2) is 5.82 Å². The maximum atomic E-state index is 12.9. The van der Waals surface area contributed by atoms with E-state index in [4.69, 9.17) is 16.1 Å². The molecule has 7 nitrogen and oxygen atoms in total. The monoisotopic (exact) mass is 397 g/mol. The Bertz CT molecular complexity index is 990. The van der Waals surface area contributed by atoms with E-state index in [0.29, 0.717) is 5.76 Å². The van der Waals surface area contributed by atoms with Crippen LogP contribution in [0.3, 0.4) is 0 Å². The van der Waals surface area contributed by atoms with Gasteiger partial charge in [-0.05, 0) is 31.2 Å². The number of nitrogens with one attached hydrogen (secondary N) is 2. The average Bonchev–Trinajstić information content (AvgIpc) is 3.01. The zero-order chi connectivity index (χ0) is 19.6. The third-order valence-corrected chi connectivity index (χ3v) is 3.62. The first-order valence-electron chi connectivity index (χ1n) is 7.44. The van der Waals surface area contributed by atoms with Crippen molar-refractivity contribution in [1.82, 2.24) is 15.1 Å². The van der Waals surface area contributed by atoms with E-state index in [2.05, 4.69) is 25.8 Å². The van der Waals surface area contributed by atoms with Crippen molar-refractivity contribution < 1.29 is 22.5 Å². The van der Waals surface area contributed by atoms with Gasteiger partial charge in [-0.25, -0.2) is 9.97 Å². The highest BCUT2D eigenvalue weighted by Gasteiger charge is 2.33. The molecule has 0 bridgehead atoms. The summed E-state index contributed by atoms with van der Waals surface area (Å²) in [5, 5.41) is 8.29. The summed E-state index contributed by atoms with van der Waals surface area (Å²) in [6, 6.07) is 6.14. The molecule has 2 aromatic heterocycles. The molecule has 0 aliphatic heterocycles. The lowest BCUT2D eigenvalue weighted by molar-refractivity contribution is -0.137. The summed E-state index contributed by atoms with van der Waals surface area (Å²) >= 11 is 5.58. The molecule has 3 aromatic rings. The first-order valence-corrected chi connectivity index (χ1v) is 7.81. The molecule has 2 heterocycles. The maximum Gasteiger partial charge on any atom is 0.417 e. The van der Waals surface area contributed by atoms with Gasteiger partial charge < -0.3 is 15.2 Å². The fraction of sp³-hybridized carbons (Fsp3) is 0.125. The van der Waals surface area contributed by atoms with Crippen molar-refractivity contribution in [3.05, 3.63) is 58.6 Å². The minimum absolute atomic E-state index is 0.0156. The quantitative estimate of drug-likeness (QED) is 0.676. The molecule has 140 valence electrons. The van der Waals surface area contributed by atoms with Crippen molar-refractivity contribution in [3.8, 4) is 0 Å². The number of carbonyl (C=O) groups is 1. The minimum Gasteiger partial charge on any atom is -0.360 e. The highest BCUT2D eigenvalue weighted by molar-refractivity contribution is 6.31. The molecular weight excluding hydrogens is 387 g/mol. The lowest BCUT2D eigenvalue weighted by Crippen LogP contribution is -2.15. The topological polar surface area (TPSA) is 92.9 Å². The Balaban J connectivity index is 1.79. The second-order valence-corrected chi connectivity index (χ2v) is 5.77. The number of aryl methyl sites for hydroxylation is 1. The largest absolute Gasteiger partial charge is 0.417 e. The van der Waals surface area contributed by atoms with Crippen LogP contribution < -0.4 is 10.6 Å². The van der Waals surface area contributed by atoms with Gasteiger partial charge in [0.05, 0.1) is 10.6 Å². The van der Waals surface area contributed by atoms with E-state index in [1.165, 1.54) is 24.4 Å². The number of amides is 1. The Kier molecular flexibility index (Phi) is 5.00. The SMILES string of the molecule is Cc1cc(NC(=O)c2ccnc(Nc3ccc(Cl)c(C(F)(F)F)c3)n2)no1. The number of halogens is 4. The number of alkyl halides is 3. The molecule has 0 fully saturated rings. The van der Waals surface area contributed by atoms with Crippen LogP contribution in [0.2, 0.25) is 5.02 Å². The van der Waals surface area contributed by atoms with Crippen LogP contribution in [0.1, 0.15) is 21.8 Å². The third-order valence-electron chi connectivity index (χ3n) is 3.29. The summed E-state index contributed by atoms with van der Waals surface area (Å²) in [5.74, 6) is 0.0759. The van der Waals surface area contributed by atoms with E-state index < -0.39 is 22.7 Å². The number of aromatic nitrogens is 3. The van der Waals surface area contributed by atoms with Crippen molar-refractivity contribution in [2.75, 3.05) is 10.6 Å². The number of anilines is 3. The normalized spacial score (nSPS) is 11.3. The third kappa shape index (κ3) is 4.53. The zero-order valence-electron chi connectivity index (χ0n) is 13.6. The smallest absolute Gasteiger partial charge is 0.360 e. The summed E-state index contributed by atoms with van der Waals surface area (Å²) in [7, 11) is 0. The molecule has 0 unspecified atom stereocenters. The van der Waals surface area contributed by atoms with E-state index in [-0.39, 0.29) is 23.1 Å². The molecule has 2 N–H and O–H groups in total. The molecule has 0 radical (unpaired) electrons. The molecule has 0 aliphatic carbocycles. The fourth-order valence-corrected chi connectivity index (χ4v) is 2.33. The van der Waals surface area contributed by atoms with Gasteiger partial charge in [0, 0.05) is 18.0 Å². The van der Waals surface area contributed by atoms with Crippen molar-refractivity contribution >= 4 is 35.0 Å². The summed E-state index contributed by atoms with van der Waals surface area (Å²) in [4.78, 5) is 20.1. The fourth-order valence-electron chi connectivity index (χ4n) is 2.10. The molecule has 11 heteroatoms. The van der Waals surface area contributed by atoms with Gasteiger partial charge in [0.2, 0.25) is 5.95 Å². The predicted octanol–water partition coefficient (Wildman–Crippen LogP) is 4.44. The van der Waals surface area contributed by atoms with Gasteiger partial charge in [0.25, 0.3) is 5.91 Å². The minimum atomic E-state index is -4.60. The van der Waals surface area contributed by atoms with Crippen LogP contribution in [0.15, 0.2) is 41.1 Å². The van der Waals surface area contributed by atoms with Gasteiger partial charge in [-0.15, -0.1) is 0 Å². The Morgan fingerprint density at radius 2 is 2.00 bits per heavy atom. The van der Waals surface area contributed by atoms with Crippen LogP contribution >= 0.6 is 11.6 Å². The Labute approximate surface area is 155 Å². The van der Waals surface area contributed by atoms with Crippen LogP contribution in [0.5, 0.6) is 0 Å². The second-order valence-electron chi connectivity index (χ2n) is 5.36. The molecule has 0 saturated heterocycles. The van der Waals surface area contributed by atoms with Crippen LogP contribution in [-0.4, -0.2) is 21.0 Å². The zero-order valence-corrected chi connectivity index (χ0v) is 14.4. The van der Waals surface area contributed by atoms with E-state index in [1.807, 2.05) is 0 Å². The van der Waals surface area contributed by atoms with Gasteiger partial charge in [-0.2, -0.15) is 13.2 Å². The molecule has 0 atom stereocenters. The van der Waals surface area contributed by atoms with Crippen LogP contribution in [0.25, 0.3) is 0 Å². The molecular formula is C16H11ClF3N5O2. The molecule has 0 spiro atoms. The van der Waals surface area contributed by atoms with Gasteiger partial charge in [-0.3, -0.25) is 4.79 Å². The summed E-state index contributed by atoms with van der Waals surface area (Å²) in [6.07, 6.45) is -3.31. The van der Waals surface area contributed by atoms with Gasteiger partial charge in [0.1, 0.15) is 11.5 Å². The number of benzene rings is 1. The van der Waals surface area contributed by atoms with E-state index in [0.717, 1.165) is 12.1 Å². The Hall–Kier alpha value is -3.14. The van der Waals surface area contributed by atoms with Crippen LogP contribution in [0.4, 0.5) is 30.6 Å². The van der Waals surface area contributed by atoms with Crippen molar-refractivity contribution in [2.45, 2.75) is 13.1 Å². The molecule has 1 aromatic carbocycles. The number of rotatable bonds is 4. The number of nitrogens with zero attached hydrogens (tertiary/aromatic N) is 3. The van der Waals surface area contributed by atoms with Crippen LogP contribution in [0, 0.1) is 6.92 Å². The molecule has 0 saturated carbocycles. The molecule has 1 amide bonds. The maximum absolute atomic E-state index is 12.9. The van der Waals surface area contributed by atoms with Crippen molar-refractivity contribution in [2.24, 2.45) is 0 Å². The molecule has 3 rings (SSSR count).